The summed E-state index contributed by atoms with van der Waals surface area (Å²) in [6.45, 7) is 6.78. The van der Waals surface area contributed by atoms with E-state index in [4.69, 9.17) is 0 Å². The smallest absolute Gasteiger partial charge is 0.337 e. The Morgan fingerprint density at radius 1 is 1.33 bits per heavy atom. The van der Waals surface area contributed by atoms with Crippen LogP contribution in [0.25, 0.3) is 0 Å². The maximum Gasteiger partial charge on any atom is 0.337 e. The second-order valence-electron chi connectivity index (χ2n) is 5.19. The molecule has 7 heteroatoms. The highest BCUT2D eigenvalue weighted by molar-refractivity contribution is 7.89. The van der Waals surface area contributed by atoms with E-state index >= 15 is 0 Å². The fourth-order valence-corrected chi connectivity index (χ4v) is 2.82. The molecule has 0 saturated carbocycles. The van der Waals surface area contributed by atoms with Gasteiger partial charge in [0.2, 0.25) is 10.0 Å². The molecule has 1 aromatic rings. The van der Waals surface area contributed by atoms with Crippen LogP contribution in [0.15, 0.2) is 23.1 Å². The highest BCUT2D eigenvalue weighted by atomic mass is 32.2. The highest BCUT2D eigenvalue weighted by Gasteiger charge is 2.18. The van der Waals surface area contributed by atoms with Crippen molar-refractivity contribution < 1.29 is 18.3 Å². The summed E-state index contributed by atoms with van der Waals surface area (Å²) in [5.41, 5.74) is 0.376. The molecule has 1 rings (SSSR count). The number of anilines is 1. The predicted molar refractivity (Wildman–Crippen MR) is 82.2 cm³/mol. The molecule has 0 saturated heterocycles. The van der Waals surface area contributed by atoms with Crippen LogP contribution in [0.5, 0.6) is 0 Å². The fourth-order valence-electron chi connectivity index (χ4n) is 1.66. The van der Waals surface area contributed by atoms with Crippen molar-refractivity contribution in [3.05, 3.63) is 23.8 Å². The molecule has 3 N–H and O–H groups in total. The van der Waals surface area contributed by atoms with E-state index in [2.05, 4.69) is 10.0 Å². The molecule has 1 aromatic carbocycles. The minimum Gasteiger partial charge on any atom is -0.478 e. The number of benzene rings is 1. The summed E-state index contributed by atoms with van der Waals surface area (Å²) in [5, 5.41) is 12.3. The molecule has 0 fully saturated rings. The lowest BCUT2D eigenvalue weighted by molar-refractivity contribution is 0.0697. The number of carbonyl (C=O) groups is 1. The molecule has 0 aliphatic heterocycles. The zero-order valence-electron chi connectivity index (χ0n) is 12.5. The first-order valence-corrected chi connectivity index (χ1v) is 8.37. The third-order valence-corrected chi connectivity index (χ3v) is 4.23. The minimum atomic E-state index is -3.67. The van der Waals surface area contributed by atoms with Gasteiger partial charge in [-0.1, -0.05) is 20.8 Å². The second-order valence-corrected chi connectivity index (χ2v) is 6.95. The molecule has 21 heavy (non-hydrogen) atoms. The lowest BCUT2D eigenvalue weighted by Crippen LogP contribution is -2.24. The van der Waals surface area contributed by atoms with Gasteiger partial charge in [-0.05, 0) is 30.5 Å². The van der Waals surface area contributed by atoms with Gasteiger partial charge in [0, 0.05) is 18.8 Å². The van der Waals surface area contributed by atoms with Crippen molar-refractivity contribution in [2.75, 3.05) is 18.4 Å². The van der Waals surface area contributed by atoms with Crippen LogP contribution in [-0.2, 0) is 10.0 Å². The fraction of sp³-hybridized carbons (Fsp3) is 0.500. The summed E-state index contributed by atoms with van der Waals surface area (Å²) in [6.07, 6.45) is 0.666. The summed E-state index contributed by atoms with van der Waals surface area (Å²) in [7, 11) is -3.67. The molecule has 6 nitrogen and oxygen atoms in total. The van der Waals surface area contributed by atoms with E-state index in [1.54, 1.807) is 0 Å². The number of nitrogens with one attached hydrogen (secondary N) is 2. The molecule has 118 valence electrons. The van der Waals surface area contributed by atoms with Gasteiger partial charge in [-0.3, -0.25) is 0 Å². The Balaban J connectivity index is 3.11. The number of carboxylic acid groups (broad SMARTS) is 1. The number of rotatable bonds is 8. The molecule has 0 radical (unpaired) electrons. The third kappa shape index (κ3) is 5.02. The van der Waals surface area contributed by atoms with Crippen LogP contribution in [0.2, 0.25) is 0 Å². The molecule has 0 bridgehead atoms. The van der Waals surface area contributed by atoms with Gasteiger partial charge in [0.1, 0.15) is 0 Å². The Labute approximate surface area is 125 Å². The summed E-state index contributed by atoms with van der Waals surface area (Å²) < 4.78 is 26.5. The first-order valence-electron chi connectivity index (χ1n) is 6.88. The predicted octanol–water partition coefficient (Wildman–Crippen LogP) is 2.14. The van der Waals surface area contributed by atoms with E-state index in [-0.39, 0.29) is 10.5 Å². The monoisotopic (exact) mass is 314 g/mol. The molecular formula is C14H22N2O4S. The van der Waals surface area contributed by atoms with Crippen molar-refractivity contribution in [3.63, 3.8) is 0 Å². The molecule has 0 aliphatic carbocycles. The first-order chi connectivity index (χ1) is 9.77. The van der Waals surface area contributed by atoms with Gasteiger partial charge < -0.3 is 10.4 Å². The van der Waals surface area contributed by atoms with Crippen molar-refractivity contribution in [1.82, 2.24) is 4.72 Å². The van der Waals surface area contributed by atoms with Gasteiger partial charge in [0.15, 0.2) is 0 Å². The molecule has 0 atom stereocenters. The third-order valence-electron chi connectivity index (χ3n) is 2.77. The average molecular weight is 314 g/mol. The molecule has 0 spiro atoms. The number of aromatic carboxylic acids is 1. The van der Waals surface area contributed by atoms with Gasteiger partial charge in [-0.25, -0.2) is 17.9 Å². The second kappa shape index (κ2) is 7.42. The number of carboxylic acids is 1. The Bertz CT molecular complexity index is 597. The Morgan fingerprint density at radius 3 is 2.52 bits per heavy atom. The summed E-state index contributed by atoms with van der Waals surface area (Å²) >= 11 is 0. The molecule has 0 aliphatic rings. The van der Waals surface area contributed by atoms with Crippen molar-refractivity contribution in [1.29, 1.82) is 0 Å². The zero-order valence-corrected chi connectivity index (χ0v) is 13.3. The number of hydrogen-bond donors (Lipinski definition) is 3. The molecule has 0 amide bonds. The highest BCUT2D eigenvalue weighted by Crippen LogP contribution is 2.21. The quantitative estimate of drug-likeness (QED) is 0.683. The SMILES string of the molecule is CCCNS(=O)(=O)c1ccc(NCC(C)C)c(C(=O)O)c1. The van der Waals surface area contributed by atoms with Gasteiger partial charge in [0.05, 0.1) is 10.5 Å². The largest absolute Gasteiger partial charge is 0.478 e. The van der Waals surface area contributed by atoms with Crippen molar-refractivity contribution in [2.45, 2.75) is 32.1 Å². The van der Waals surface area contributed by atoms with E-state index in [9.17, 15) is 18.3 Å². The van der Waals surface area contributed by atoms with Crippen LogP contribution < -0.4 is 10.0 Å². The maximum absolute atomic E-state index is 12.0. The Hall–Kier alpha value is -1.60. The minimum absolute atomic E-state index is 0.0385. The van der Waals surface area contributed by atoms with Crippen molar-refractivity contribution in [2.24, 2.45) is 5.92 Å². The Morgan fingerprint density at radius 2 is 2.00 bits per heavy atom. The lowest BCUT2D eigenvalue weighted by Gasteiger charge is -2.13. The Kier molecular flexibility index (Phi) is 6.17. The van der Waals surface area contributed by atoms with E-state index < -0.39 is 16.0 Å². The van der Waals surface area contributed by atoms with Crippen molar-refractivity contribution in [3.8, 4) is 0 Å². The van der Waals surface area contributed by atoms with Crippen LogP contribution >= 0.6 is 0 Å². The van der Waals surface area contributed by atoms with E-state index in [0.29, 0.717) is 31.1 Å². The van der Waals surface area contributed by atoms with Crippen LogP contribution in [-0.4, -0.2) is 32.6 Å². The van der Waals surface area contributed by atoms with Crippen LogP contribution in [0.1, 0.15) is 37.6 Å². The lowest BCUT2D eigenvalue weighted by atomic mass is 10.1. The number of sulfonamides is 1. The van der Waals surface area contributed by atoms with Crippen LogP contribution in [0.4, 0.5) is 5.69 Å². The molecule has 0 aromatic heterocycles. The normalized spacial score (nSPS) is 11.6. The topological polar surface area (TPSA) is 95.5 Å². The first kappa shape index (κ1) is 17.5. The molecule has 0 unspecified atom stereocenters. The van der Waals surface area contributed by atoms with Crippen LogP contribution in [0, 0.1) is 5.92 Å². The van der Waals surface area contributed by atoms with E-state index in [1.165, 1.54) is 18.2 Å². The summed E-state index contributed by atoms with van der Waals surface area (Å²) in [4.78, 5) is 11.3. The van der Waals surface area contributed by atoms with Crippen LogP contribution in [0.3, 0.4) is 0 Å². The van der Waals surface area contributed by atoms with Crippen molar-refractivity contribution >= 4 is 21.7 Å². The number of hydrogen-bond acceptors (Lipinski definition) is 4. The summed E-state index contributed by atoms with van der Waals surface area (Å²) in [6, 6.07) is 4.09. The van der Waals surface area contributed by atoms with Gasteiger partial charge in [0.25, 0.3) is 0 Å². The van der Waals surface area contributed by atoms with E-state index in [0.717, 1.165) is 0 Å². The summed E-state index contributed by atoms with van der Waals surface area (Å²) in [5.74, 6) is -0.810. The molecular weight excluding hydrogens is 292 g/mol. The van der Waals surface area contributed by atoms with E-state index in [1.807, 2.05) is 20.8 Å². The zero-order chi connectivity index (χ0) is 16.0. The average Bonchev–Trinajstić information content (AvgIpc) is 2.42. The molecule has 0 heterocycles. The van der Waals surface area contributed by atoms with Gasteiger partial charge in [-0.2, -0.15) is 0 Å². The standard InChI is InChI=1S/C14H22N2O4S/c1-4-7-16-21(19,20)11-5-6-13(15-9-10(2)3)12(8-11)14(17)18/h5-6,8,10,15-16H,4,7,9H2,1-3H3,(H,17,18). The van der Waals surface area contributed by atoms with Gasteiger partial charge in [-0.15, -0.1) is 0 Å². The van der Waals surface area contributed by atoms with Gasteiger partial charge >= 0.3 is 5.97 Å². The maximum atomic E-state index is 12.0.